The van der Waals surface area contributed by atoms with Gasteiger partial charge in [-0.2, -0.15) is 13.2 Å². The maximum Gasteiger partial charge on any atom is 0.446 e. The molecule has 1 aromatic carbocycles. The Kier molecular flexibility index (Phi) is 5.27. The molecular formula is C18H21F3N2OS2. The molecule has 0 bridgehead atoms. The van der Waals surface area contributed by atoms with Crippen molar-refractivity contribution in [3.8, 4) is 0 Å². The van der Waals surface area contributed by atoms with Gasteiger partial charge in [0.05, 0.1) is 10.2 Å². The summed E-state index contributed by atoms with van der Waals surface area (Å²) in [5.74, 6) is 0.150. The highest BCUT2D eigenvalue weighted by molar-refractivity contribution is 8.00. The Balaban J connectivity index is 1.75. The van der Waals surface area contributed by atoms with Gasteiger partial charge in [-0.3, -0.25) is 4.79 Å². The van der Waals surface area contributed by atoms with E-state index < -0.39 is 5.51 Å². The zero-order chi connectivity index (χ0) is 19.1. The Morgan fingerprint density at radius 1 is 1.38 bits per heavy atom. The van der Waals surface area contributed by atoms with Crippen LogP contribution in [-0.4, -0.2) is 16.4 Å². The molecule has 3 rings (SSSR count). The van der Waals surface area contributed by atoms with Crippen molar-refractivity contribution in [2.45, 2.75) is 50.4 Å². The van der Waals surface area contributed by atoms with Gasteiger partial charge in [-0.05, 0) is 54.1 Å². The molecule has 1 aliphatic rings. The minimum atomic E-state index is -4.32. The lowest BCUT2D eigenvalue weighted by Crippen LogP contribution is -2.39. The normalized spacial score (nSPS) is 23.2. The van der Waals surface area contributed by atoms with E-state index in [1.807, 2.05) is 0 Å². The van der Waals surface area contributed by atoms with E-state index in [1.54, 1.807) is 6.07 Å². The van der Waals surface area contributed by atoms with E-state index >= 15 is 0 Å². The Morgan fingerprint density at radius 3 is 2.81 bits per heavy atom. The molecule has 0 radical (unpaired) electrons. The summed E-state index contributed by atoms with van der Waals surface area (Å²) in [4.78, 5) is 17.2. The summed E-state index contributed by atoms with van der Waals surface area (Å²) in [5, 5.41) is 3.32. The highest BCUT2D eigenvalue weighted by Crippen LogP contribution is 2.44. The van der Waals surface area contributed by atoms with E-state index in [0.29, 0.717) is 15.3 Å². The van der Waals surface area contributed by atoms with E-state index in [4.69, 9.17) is 0 Å². The van der Waals surface area contributed by atoms with Crippen LogP contribution in [0.5, 0.6) is 0 Å². The van der Waals surface area contributed by atoms with Gasteiger partial charge >= 0.3 is 5.51 Å². The van der Waals surface area contributed by atoms with E-state index in [2.05, 4.69) is 31.1 Å². The van der Waals surface area contributed by atoms with Crippen molar-refractivity contribution in [2.75, 3.05) is 5.32 Å². The Hall–Kier alpha value is -1.28. The standard InChI is InChI=1S/C18H21F3N2OS2/c1-10-12(5-4-8-17(10,2)3)15(24)23-16-22-13-7-6-11(9-14(13)25-16)26-18(19,20)21/h6-7,9-10,12H,4-5,8H2,1-3H3,(H,22,23,24). The lowest BCUT2D eigenvalue weighted by atomic mass is 9.64. The van der Waals surface area contributed by atoms with Crippen molar-refractivity contribution in [3.05, 3.63) is 18.2 Å². The summed E-state index contributed by atoms with van der Waals surface area (Å²) < 4.78 is 38.2. The number of carbonyl (C=O) groups excluding carboxylic acids is 1. The fraction of sp³-hybridized carbons (Fsp3) is 0.556. The molecule has 1 aromatic heterocycles. The van der Waals surface area contributed by atoms with Gasteiger partial charge in [0, 0.05) is 10.8 Å². The largest absolute Gasteiger partial charge is 0.446 e. The average Bonchev–Trinajstić information content (AvgIpc) is 2.89. The first kappa shape index (κ1) is 19.5. The number of nitrogens with one attached hydrogen (secondary N) is 1. The van der Waals surface area contributed by atoms with E-state index in [1.165, 1.54) is 23.5 Å². The van der Waals surface area contributed by atoms with Gasteiger partial charge in [0.25, 0.3) is 0 Å². The Labute approximate surface area is 158 Å². The van der Waals surface area contributed by atoms with Crippen LogP contribution in [0.2, 0.25) is 0 Å². The number of thiazole rings is 1. The molecule has 2 aromatic rings. The van der Waals surface area contributed by atoms with Crippen LogP contribution < -0.4 is 5.32 Å². The van der Waals surface area contributed by atoms with Gasteiger partial charge in [0.15, 0.2) is 5.13 Å². The van der Waals surface area contributed by atoms with Crippen LogP contribution in [0.1, 0.15) is 40.0 Å². The highest BCUT2D eigenvalue weighted by atomic mass is 32.2. The summed E-state index contributed by atoms with van der Waals surface area (Å²) in [5.41, 5.74) is -3.61. The van der Waals surface area contributed by atoms with Gasteiger partial charge < -0.3 is 5.32 Å². The van der Waals surface area contributed by atoms with Crippen LogP contribution >= 0.6 is 23.1 Å². The van der Waals surface area contributed by atoms with Crippen molar-refractivity contribution < 1.29 is 18.0 Å². The van der Waals surface area contributed by atoms with Crippen molar-refractivity contribution >= 4 is 44.4 Å². The number of rotatable bonds is 3. The molecule has 0 aliphatic heterocycles. The number of fused-ring (bicyclic) bond motifs is 1. The predicted octanol–water partition coefficient (Wildman–Crippen LogP) is 6.31. The number of thioether (sulfide) groups is 1. The Bertz CT molecular complexity index is 816. The molecule has 1 heterocycles. The smallest absolute Gasteiger partial charge is 0.302 e. The molecule has 2 unspecified atom stereocenters. The molecule has 8 heteroatoms. The number of aromatic nitrogens is 1. The van der Waals surface area contributed by atoms with Crippen LogP contribution in [0.25, 0.3) is 10.2 Å². The molecule has 1 amide bonds. The minimum absolute atomic E-state index is 0.0470. The second-order valence-electron chi connectivity index (χ2n) is 7.46. The molecule has 3 nitrogen and oxygen atoms in total. The molecule has 26 heavy (non-hydrogen) atoms. The van der Waals surface area contributed by atoms with Gasteiger partial charge in [-0.15, -0.1) is 0 Å². The summed E-state index contributed by atoms with van der Waals surface area (Å²) in [7, 11) is 0. The number of amides is 1. The topological polar surface area (TPSA) is 42.0 Å². The number of alkyl halides is 3. The van der Waals surface area contributed by atoms with Crippen molar-refractivity contribution in [3.63, 3.8) is 0 Å². The molecule has 2 atom stereocenters. The quantitative estimate of drug-likeness (QED) is 0.612. The number of hydrogen-bond donors (Lipinski definition) is 1. The average molecular weight is 403 g/mol. The Morgan fingerprint density at radius 2 is 2.12 bits per heavy atom. The van der Waals surface area contributed by atoms with Crippen molar-refractivity contribution in [2.24, 2.45) is 17.3 Å². The van der Waals surface area contributed by atoms with E-state index in [9.17, 15) is 18.0 Å². The third kappa shape index (κ3) is 4.34. The van der Waals surface area contributed by atoms with Crippen LogP contribution in [0.3, 0.4) is 0 Å². The van der Waals surface area contributed by atoms with Gasteiger partial charge in [-0.25, -0.2) is 4.98 Å². The number of nitrogens with zero attached hydrogens (tertiary/aromatic N) is 1. The summed E-state index contributed by atoms with van der Waals surface area (Å²) >= 11 is 1.06. The zero-order valence-corrected chi connectivity index (χ0v) is 16.4. The molecule has 1 N–H and O–H groups in total. The number of halogens is 3. The fourth-order valence-corrected chi connectivity index (χ4v) is 5.07. The first-order valence-corrected chi connectivity index (χ1v) is 10.2. The van der Waals surface area contributed by atoms with Gasteiger partial charge in [0.1, 0.15) is 0 Å². The maximum atomic E-state index is 12.7. The van der Waals surface area contributed by atoms with Crippen LogP contribution in [-0.2, 0) is 4.79 Å². The van der Waals surface area contributed by atoms with Gasteiger partial charge in [-0.1, -0.05) is 38.5 Å². The first-order valence-electron chi connectivity index (χ1n) is 8.52. The molecule has 1 saturated carbocycles. The molecule has 1 fully saturated rings. The second kappa shape index (κ2) is 7.03. The summed E-state index contributed by atoms with van der Waals surface area (Å²) in [6, 6.07) is 4.42. The van der Waals surface area contributed by atoms with Crippen LogP contribution in [0.15, 0.2) is 23.1 Å². The minimum Gasteiger partial charge on any atom is -0.302 e. The molecule has 0 saturated heterocycles. The summed E-state index contributed by atoms with van der Waals surface area (Å²) in [6.07, 6.45) is 2.99. The molecule has 1 aliphatic carbocycles. The number of benzene rings is 1. The van der Waals surface area contributed by atoms with E-state index in [-0.39, 0.29) is 39.8 Å². The summed E-state index contributed by atoms with van der Waals surface area (Å²) in [6.45, 7) is 6.49. The van der Waals surface area contributed by atoms with Crippen LogP contribution in [0.4, 0.5) is 18.3 Å². The maximum absolute atomic E-state index is 12.7. The highest BCUT2D eigenvalue weighted by Gasteiger charge is 2.39. The third-order valence-electron chi connectivity index (χ3n) is 5.33. The SMILES string of the molecule is CC1C(C(=O)Nc2nc3ccc(SC(F)(F)F)cc3s2)CCCC1(C)C. The van der Waals surface area contributed by atoms with Gasteiger partial charge in [0.2, 0.25) is 5.91 Å². The fourth-order valence-electron chi connectivity index (χ4n) is 3.51. The van der Waals surface area contributed by atoms with E-state index in [0.717, 1.165) is 19.3 Å². The molecular weight excluding hydrogens is 381 g/mol. The predicted molar refractivity (Wildman–Crippen MR) is 100 cm³/mol. The lowest BCUT2D eigenvalue weighted by Gasteiger charge is -2.41. The van der Waals surface area contributed by atoms with Crippen molar-refractivity contribution in [1.82, 2.24) is 4.98 Å². The third-order valence-corrected chi connectivity index (χ3v) is 6.99. The zero-order valence-electron chi connectivity index (χ0n) is 14.8. The second-order valence-corrected chi connectivity index (χ2v) is 9.63. The van der Waals surface area contributed by atoms with Crippen LogP contribution in [0, 0.1) is 17.3 Å². The first-order chi connectivity index (χ1) is 12.0. The van der Waals surface area contributed by atoms with Crippen molar-refractivity contribution in [1.29, 1.82) is 0 Å². The number of hydrogen-bond acceptors (Lipinski definition) is 4. The molecule has 142 valence electrons. The number of anilines is 1. The lowest BCUT2D eigenvalue weighted by molar-refractivity contribution is -0.124. The number of carbonyl (C=O) groups is 1. The molecule has 0 spiro atoms. The monoisotopic (exact) mass is 402 g/mol.